The van der Waals surface area contributed by atoms with Crippen molar-refractivity contribution < 1.29 is 4.79 Å². The highest BCUT2D eigenvalue weighted by molar-refractivity contribution is 5.80. The van der Waals surface area contributed by atoms with Crippen molar-refractivity contribution in [3.05, 3.63) is 12.2 Å². The Morgan fingerprint density at radius 3 is 2.76 bits per heavy atom. The fourth-order valence-electron chi connectivity index (χ4n) is 1.58. The summed E-state index contributed by atoms with van der Waals surface area (Å²) in [5, 5.41) is 4.13. The molecule has 1 heterocycles. The second-order valence-corrected chi connectivity index (χ2v) is 4.98. The lowest BCUT2D eigenvalue weighted by molar-refractivity contribution is -0.118. The molecule has 0 aliphatic carbocycles. The molecule has 0 bridgehead atoms. The second-order valence-electron chi connectivity index (χ2n) is 4.98. The van der Waals surface area contributed by atoms with E-state index in [1.807, 2.05) is 11.6 Å². The van der Waals surface area contributed by atoms with Gasteiger partial charge < -0.3 is 5.73 Å². The third kappa shape index (κ3) is 5.08. The smallest absolute Gasteiger partial charge is 0.140 e. The van der Waals surface area contributed by atoms with Crippen LogP contribution in [-0.2, 0) is 17.8 Å². The summed E-state index contributed by atoms with van der Waals surface area (Å²) in [6, 6.07) is 0.0764. The molecule has 5 nitrogen and oxygen atoms in total. The van der Waals surface area contributed by atoms with E-state index in [0.717, 1.165) is 18.8 Å². The highest BCUT2D eigenvalue weighted by Gasteiger charge is 2.11. The largest absolute Gasteiger partial charge is 0.328 e. The third-order valence-electron chi connectivity index (χ3n) is 2.47. The molecular weight excluding hydrogens is 216 g/mol. The van der Waals surface area contributed by atoms with Crippen LogP contribution in [0.3, 0.4) is 0 Å². The van der Waals surface area contributed by atoms with Crippen molar-refractivity contribution in [3.8, 4) is 0 Å². The number of nitrogens with zero attached hydrogens (tertiary/aromatic N) is 3. The fraction of sp³-hybridized carbons (Fsp3) is 0.750. The zero-order valence-corrected chi connectivity index (χ0v) is 10.9. The van der Waals surface area contributed by atoms with E-state index in [0.29, 0.717) is 18.8 Å². The van der Waals surface area contributed by atoms with Crippen molar-refractivity contribution in [2.75, 3.05) is 0 Å². The van der Waals surface area contributed by atoms with Crippen molar-refractivity contribution >= 4 is 5.78 Å². The maximum Gasteiger partial charge on any atom is 0.140 e. The monoisotopic (exact) mass is 238 g/mol. The molecule has 0 saturated carbocycles. The molecule has 2 N–H and O–H groups in total. The Labute approximate surface area is 102 Å². The Morgan fingerprint density at radius 1 is 1.47 bits per heavy atom. The van der Waals surface area contributed by atoms with Gasteiger partial charge in [0.15, 0.2) is 0 Å². The average molecular weight is 238 g/mol. The number of rotatable bonds is 7. The van der Waals surface area contributed by atoms with Crippen molar-refractivity contribution in [1.29, 1.82) is 0 Å². The summed E-state index contributed by atoms with van der Waals surface area (Å²) in [6.45, 7) is 6.94. The molecule has 5 heteroatoms. The Hall–Kier alpha value is -1.23. The van der Waals surface area contributed by atoms with Gasteiger partial charge in [-0.15, -0.1) is 0 Å². The van der Waals surface area contributed by atoms with Crippen LogP contribution >= 0.6 is 0 Å². The van der Waals surface area contributed by atoms with Crippen LogP contribution in [0.15, 0.2) is 6.33 Å². The minimum atomic E-state index is 0.0764. The first-order valence-corrected chi connectivity index (χ1v) is 6.13. The topological polar surface area (TPSA) is 73.8 Å². The summed E-state index contributed by atoms with van der Waals surface area (Å²) in [5.74, 6) is 1.43. The van der Waals surface area contributed by atoms with E-state index in [4.69, 9.17) is 5.73 Å². The number of hydrogen-bond donors (Lipinski definition) is 1. The summed E-state index contributed by atoms with van der Waals surface area (Å²) in [4.78, 5) is 15.9. The minimum Gasteiger partial charge on any atom is -0.328 e. The summed E-state index contributed by atoms with van der Waals surface area (Å²) >= 11 is 0. The number of aromatic nitrogens is 3. The Balaban J connectivity index is 2.50. The molecule has 0 spiro atoms. The maximum absolute atomic E-state index is 11.7. The molecule has 1 atom stereocenters. The fourth-order valence-corrected chi connectivity index (χ4v) is 1.58. The number of carbonyl (C=O) groups is 1. The van der Waals surface area contributed by atoms with Gasteiger partial charge in [-0.1, -0.05) is 13.8 Å². The molecule has 0 aliphatic rings. The molecule has 0 aromatic carbocycles. The molecule has 1 aromatic rings. The van der Waals surface area contributed by atoms with Gasteiger partial charge in [-0.05, 0) is 19.3 Å². The van der Waals surface area contributed by atoms with Crippen LogP contribution in [-0.4, -0.2) is 26.6 Å². The molecule has 96 valence electrons. The van der Waals surface area contributed by atoms with Gasteiger partial charge in [0.2, 0.25) is 0 Å². The Bertz CT molecular complexity index is 357. The van der Waals surface area contributed by atoms with E-state index in [1.165, 1.54) is 6.33 Å². The molecular formula is C12H22N4O. The summed E-state index contributed by atoms with van der Waals surface area (Å²) in [6.07, 6.45) is 3.12. The predicted octanol–water partition coefficient (Wildman–Crippen LogP) is 1.17. The van der Waals surface area contributed by atoms with E-state index in [2.05, 4.69) is 23.9 Å². The molecule has 1 aromatic heterocycles. The molecule has 0 radical (unpaired) electrons. The van der Waals surface area contributed by atoms with Gasteiger partial charge in [0.05, 0.1) is 6.42 Å². The van der Waals surface area contributed by atoms with E-state index < -0.39 is 0 Å². The quantitative estimate of drug-likeness (QED) is 0.774. The van der Waals surface area contributed by atoms with Gasteiger partial charge >= 0.3 is 0 Å². The maximum atomic E-state index is 11.7. The predicted molar refractivity (Wildman–Crippen MR) is 66.5 cm³/mol. The van der Waals surface area contributed by atoms with Crippen LogP contribution in [0.2, 0.25) is 0 Å². The highest BCUT2D eigenvalue weighted by Crippen LogP contribution is 2.05. The molecule has 17 heavy (non-hydrogen) atoms. The Morgan fingerprint density at radius 2 is 2.18 bits per heavy atom. The first-order valence-electron chi connectivity index (χ1n) is 6.13. The van der Waals surface area contributed by atoms with Gasteiger partial charge in [-0.3, -0.25) is 4.79 Å². The van der Waals surface area contributed by atoms with Crippen LogP contribution in [0, 0.1) is 5.92 Å². The summed E-state index contributed by atoms with van der Waals surface area (Å²) < 4.78 is 1.81. The van der Waals surface area contributed by atoms with E-state index in [1.54, 1.807) is 0 Å². The van der Waals surface area contributed by atoms with Crippen LogP contribution in [0.5, 0.6) is 0 Å². The van der Waals surface area contributed by atoms with Gasteiger partial charge in [0.25, 0.3) is 0 Å². The average Bonchev–Trinajstić information content (AvgIpc) is 2.62. The van der Waals surface area contributed by atoms with Gasteiger partial charge in [-0.2, -0.15) is 5.10 Å². The van der Waals surface area contributed by atoms with Crippen molar-refractivity contribution in [2.24, 2.45) is 11.7 Å². The summed E-state index contributed by atoms with van der Waals surface area (Å²) in [5.41, 5.74) is 5.62. The highest BCUT2D eigenvalue weighted by atomic mass is 16.1. The van der Waals surface area contributed by atoms with Crippen LogP contribution < -0.4 is 5.73 Å². The minimum absolute atomic E-state index is 0.0764. The lowest BCUT2D eigenvalue weighted by Crippen LogP contribution is -2.18. The zero-order valence-electron chi connectivity index (χ0n) is 10.9. The van der Waals surface area contributed by atoms with Gasteiger partial charge in [0, 0.05) is 19.0 Å². The molecule has 1 unspecified atom stereocenters. The van der Waals surface area contributed by atoms with Crippen LogP contribution in [0.4, 0.5) is 0 Å². The standard InChI is InChI=1S/C12H22N4O/c1-9(2)7-16-12(14-8-15-16)6-11(17)5-4-10(3)13/h8-10H,4-7,13H2,1-3H3. The lowest BCUT2D eigenvalue weighted by atomic mass is 10.1. The molecule has 0 amide bonds. The third-order valence-corrected chi connectivity index (χ3v) is 2.47. The van der Waals surface area contributed by atoms with Crippen LogP contribution in [0.25, 0.3) is 0 Å². The van der Waals surface area contributed by atoms with Crippen molar-refractivity contribution in [1.82, 2.24) is 14.8 Å². The number of nitrogens with two attached hydrogens (primary N) is 1. The molecule has 0 fully saturated rings. The second kappa shape index (κ2) is 6.49. The number of ketones is 1. The first kappa shape index (κ1) is 13.8. The van der Waals surface area contributed by atoms with Crippen LogP contribution in [0.1, 0.15) is 39.4 Å². The molecule has 0 aliphatic heterocycles. The first-order chi connectivity index (χ1) is 7.99. The Kier molecular flexibility index (Phi) is 5.28. The van der Waals surface area contributed by atoms with E-state index >= 15 is 0 Å². The van der Waals surface area contributed by atoms with Gasteiger partial charge in [0.1, 0.15) is 17.9 Å². The van der Waals surface area contributed by atoms with Crippen molar-refractivity contribution in [3.63, 3.8) is 0 Å². The molecule has 1 rings (SSSR count). The molecule has 0 saturated heterocycles. The lowest BCUT2D eigenvalue weighted by Gasteiger charge is -2.08. The number of carbonyl (C=O) groups excluding carboxylic acids is 1. The number of hydrogen-bond acceptors (Lipinski definition) is 4. The van der Waals surface area contributed by atoms with Crippen molar-refractivity contribution in [2.45, 2.75) is 52.6 Å². The zero-order chi connectivity index (χ0) is 12.8. The van der Waals surface area contributed by atoms with Gasteiger partial charge in [-0.25, -0.2) is 9.67 Å². The SMILES string of the molecule is CC(C)Cn1ncnc1CC(=O)CCC(C)N. The van der Waals surface area contributed by atoms with E-state index in [-0.39, 0.29) is 11.8 Å². The van der Waals surface area contributed by atoms with E-state index in [9.17, 15) is 4.79 Å². The number of Topliss-reactive ketones (excluding diaryl/α,β-unsaturated/α-hetero) is 1. The normalized spacial score (nSPS) is 13.0. The summed E-state index contributed by atoms with van der Waals surface area (Å²) in [7, 11) is 0.